The first-order valence-electron chi connectivity index (χ1n) is 14.0. The molecule has 42 heavy (non-hydrogen) atoms. The molecule has 1 fully saturated rings. The predicted molar refractivity (Wildman–Crippen MR) is 164 cm³/mol. The van der Waals surface area contributed by atoms with Gasteiger partial charge in [0.15, 0.2) is 0 Å². The Labute approximate surface area is 245 Å². The van der Waals surface area contributed by atoms with E-state index in [0.717, 1.165) is 60.9 Å². The summed E-state index contributed by atoms with van der Waals surface area (Å²) in [4.78, 5) is 31.3. The zero-order valence-corrected chi connectivity index (χ0v) is 23.7. The number of amides is 1. The van der Waals surface area contributed by atoms with Crippen molar-refractivity contribution in [2.75, 3.05) is 43.9 Å². The molecule has 0 unspecified atom stereocenters. The van der Waals surface area contributed by atoms with E-state index in [1.165, 1.54) is 5.56 Å². The number of benzene rings is 2. The summed E-state index contributed by atoms with van der Waals surface area (Å²) in [6, 6.07) is 19.3. The number of pyridine rings is 1. The molecule has 212 valence electrons. The predicted octanol–water partition coefficient (Wildman–Crippen LogP) is 4.78. The largest absolute Gasteiger partial charge is 0.324 e. The lowest BCUT2D eigenvalue weighted by atomic mass is 10.1. The molecule has 2 aromatic carbocycles. The zero-order valence-electron chi connectivity index (χ0n) is 23.7. The summed E-state index contributed by atoms with van der Waals surface area (Å²) < 4.78 is 1.75. The number of nitrogens with one attached hydrogen (secondary N) is 2. The summed E-state index contributed by atoms with van der Waals surface area (Å²) in [5, 5.41) is 10.6. The van der Waals surface area contributed by atoms with Crippen LogP contribution in [0.1, 0.15) is 21.5 Å². The minimum atomic E-state index is -0.154. The monoisotopic (exact) mass is 559 g/mol. The van der Waals surface area contributed by atoms with Gasteiger partial charge in [-0.1, -0.05) is 18.2 Å². The average Bonchev–Trinajstić information content (AvgIpc) is 3.56. The van der Waals surface area contributed by atoms with Crippen LogP contribution in [0.15, 0.2) is 91.6 Å². The minimum absolute atomic E-state index is 0.154. The SMILES string of the molecule is Cc1ccc(NC(=O)c2ccc(CN3CCN(C)CC3)cc2)cc1Nc1nccc(-c2cncc(-n3cccn3)c2)n1. The van der Waals surface area contributed by atoms with Crippen LogP contribution < -0.4 is 10.6 Å². The first-order chi connectivity index (χ1) is 20.5. The Morgan fingerprint density at radius 1 is 0.952 bits per heavy atom. The maximum atomic E-state index is 13.0. The number of piperazine rings is 1. The van der Waals surface area contributed by atoms with E-state index in [9.17, 15) is 4.79 Å². The fourth-order valence-electron chi connectivity index (χ4n) is 4.88. The molecule has 1 aliphatic rings. The van der Waals surface area contributed by atoms with Crippen molar-refractivity contribution in [1.29, 1.82) is 0 Å². The number of rotatable bonds is 8. The number of aromatic nitrogens is 5. The Hall–Kier alpha value is -4.93. The maximum absolute atomic E-state index is 13.0. The first-order valence-corrected chi connectivity index (χ1v) is 14.0. The number of hydrogen-bond acceptors (Lipinski definition) is 8. The van der Waals surface area contributed by atoms with Gasteiger partial charge in [0, 0.05) is 80.0 Å². The Bertz CT molecular complexity index is 1660. The second-order valence-corrected chi connectivity index (χ2v) is 10.5. The van der Waals surface area contributed by atoms with Crippen molar-refractivity contribution >= 4 is 23.2 Å². The van der Waals surface area contributed by atoms with E-state index in [0.29, 0.717) is 17.2 Å². The van der Waals surface area contributed by atoms with Gasteiger partial charge in [0.1, 0.15) is 0 Å². The molecule has 1 amide bonds. The second-order valence-electron chi connectivity index (χ2n) is 10.5. The topological polar surface area (TPSA) is 104 Å². The highest BCUT2D eigenvalue weighted by molar-refractivity contribution is 6.04. The van der Waals surface area contributed by atoms with E-state index in [-0.39, 0.29) is 5.91 Å². The summed E-state index contributed by atoms with van der Waals surface area (Å²) in [6.45, 7) is 7.20. The van der Waals surface area contributed by atoms with Crippen molar-refractivity contribution < 1.29 is 4.79 Å². The van der Waals surface area contributed by atoms with Crippen LogP contribution >= 0.6 is 0 Å². The van der Waals surface area contributed by atoms with E-state index in [1.807, 2.05) is 73.8 Å². The lowest BCUT2D eigenvalue weighted by molar-refractivity contribution is 0.102. The molecule has 2 N–H and O–H groups in total. The molecule has 5 aromatic rings. The summed E-state index contributed by atoms with van der Waals surface area (Å²) in [7, 11) is 2.16. The Morgan fingerprint density at radius 3 is 2.57 bits per heavy atom. The molecule has 1 saturated heterocycles. The van der Waals surface area contributed by atoms with Crippen LogP contribution in [-0.2, 0) is 6.54 Å². The highest BCUT2D eigenvalue weighted by Gasteiger charge is 2.15. The van der Waals surface area contributed by atoms with Crippen molar-refractivity contribution in [2.45, 2.75) is 13.5 Å². The summed E-state index contributed by atoms with van der Waals surface area (Å²) >= 11 is 0. The van der Waals surface area contributed by atoms with Gasteiger partial charge >= 0.3 is 0 Å². The summed E-state index contributed by atoms with van der Waals surface area (Å²) in [5.74, 6) is 0.290. The van der Waals surface area contributed by atoms with Gasteiger partial charge in [-0.3, -0.25) is 14.7 Å². The molecule has 0 atom stereocenters. The zero-order chi connectivity index (χ0) is 28.9. The Kier molecular flexibility index (Phi) is 7.98. The number of nitrogens with zero attached hydrogens (tertiary/aromatic N) is 7. The van der Waals surface area contributed by atoms with Gasteiger partial charge in [-0.2, -0.15) is 5.10 Å². The Balaban J connectivity index is 1.12. The van der Waals surface area contributed by atoms with Crippen LogP contribution in [0.3, 0.4) is 0 Å². The van der Waals surface area contributed by atoms with Crippen LogP contribution in [0.4, 0.5) is 17.3 Å². The molecular formula is C32H33N9O. The van der Waals surface area contributed by atoms with Gasteiger partial charge < -0.3 is 15.5 Å². The molecule has 10 heteroatoms. The highest BCUT2D eigenvalue weighted by atomic mass is 16.1. The van der Waals surface area contributed by atoms with E-state index in [4.69, 9.17) is 4.98 Å². The molecule has 4 heterocycles. The molecule has 0 bridgehead atoms. The second kappa shape index (κ2) is 12.3. The van der Waals surface area contributed by atoms with Crippen LogP contribution in [0.5, 0.6) is 0 Å². The number of carbonyl (C=O) groups excluding carboxylic acids is 1. The van der Waals surface area contributed by atoms with Crippen molar-refractivity contribution in [1.82, 2.24) is 34.5 Å². The van der Waals surface area contributed by atoms with Crippen LogP contribution in [0.2, 0.25) is 0 Å². The number of anilines is 3. The van der Waals surface area contributed by atoms with Crippen molar-refractivity contribution in [2.24, 2.45) is 0 Å². The number of hydrogen-bond donors (Lipinski definition) is 2. The van der Waals surface area contributed by atoms with Crippen LogP contribution in [0.25, 0.3) is 16.9 Å². The lowest BCUT2D eigenvalue weighted by Gasteiger charge is -2.32. The third-order valence-electron chi connectivity index (χ3n) is 7.40. The van der Waals surface area contributed by atoms with Gasteiger partial charge in [-0.05, 0) is 67.6 Å². The van der Waals surface area contributed by atoms with E-state index < -0.39 is 0 Å². The van der Waals surface area contributed by atoms with E-state index in [2.05, 4.69) is 42.5 Å². The fourth-order valence-corrected chi connectivity index (χ4v) is 4.88. The highest BCUT2D eigenvalue weighted by Crippen LogP contribution is 2.25. The Morgan fingerprint density at radius 2 is 1.79 bits per heavy atom. The number of likely N-dealkylation sites (N-methyl/N-ethyl adjacent to an activating group) is 1. The molecule has 1 aliphatic heterocycles. The van der Waals surface area contributed by atoms with Gasteiger partial charge in [0.05, 0.1) is 17.6 Å². The van der Waals surface area contributed by atoms with E-state index in [1.54, 1.807) is 29.5 Å². The summed E-state index contributed by atoms with van der Waals surface area (Å²) in [6.07, 6.45) is 8.82. The van der Waals surface area contributed by atoms with Crippen molar-refractivity contribution in [3.63, 3.8) is 0 Å². The molecule has 0 saturated carbocycles. The number of carbonyl (C=O) groups is 1. The average molecular weight is 560 g/mol. The molecule has 3 aromatic heterocycles. The maximum Gasteiger partial charge on any atom is 0.255 e. The molecule has 6 rings (SSSR count). The number of aryl methyl sites for hydroxylation is 1. The standard InChI is InChI=1S/C32H33N9O/c1-23-4-9-27(36-31(42)25-7-5-24(6-8-25)22-40-16-14-39(2)15-17-40)19-30(23)38-32-34-12-10-29(37-32)26-18-28(21-33-20-26)41-13-3-11-35-41/h3-13,18-21H,14-17,22H2,1-2H3,(H,36,42)(H,34,37,38). The third kappa shape index (κ3) is 6.51. The van der Waals surface area contributed by atoms with Crippen LogP contribution in [-0.4, -0.2) is 73.7 Å². The molecular weight excluding hydrogens is 526 g/mol. The van der Waals surface area contributed by atoms with Gasteiger partial charge in [-0.25, -0.2) is 14.6 Å². The minimum Gasteiger partial charge on any atom is -0.324 e. The third-order valence-corrected chi connectivity index (χ3v) is 7.40. The quantitative estimate of drug-likeness (QED) is 0.280. The molecule has 10 nitrogen and oxygen atoms in total. The molecule has 0 spiro atoms. The smallest absolute Gasteiger partial charge is 0.255 e. The van der Waals surface area contributed by atoms with Gasteiger partial charge in [0.2, 0.25) is 5.95 Å². The van der Waals surface area contributed by atoms with Crippen molar-refractivity contribution in [3.8, 4) is 16.9 Å². The fraction of sp³-hybridized carbons (Fsp3) is 0.219. The summed E-state index contributed by atoms with van der Waals surface area (Å²) in [5.41, 5.74) is 6.73. The normalized spacial score (nSPS) is 14.0. The van der Waals surface area contributed by atoms with E-state index >= 15 is 0 Å². The first kappa shape index (κ1) is 27.3. The van der Waals surface area contributed by atoms with Gasteiger partial charge in [0.25, 0.3) is 5.91 Å². The lowest BCUT2D eigenvalue weighted by Crippen LogP contribution is -2.43. The molecule has 0 aliphatic carbocycles. The van der Waals surface area contributed by atoms with Gasteiger partial charge in [-0.15, -0.1) is 0 Å². The van der Waals surface area contributed by atoms with Crippen molar-refractivity contribution in [3.05, 3.63) is 108 Å². The van der Waals surface area contributed by atoms with Crippen LogP contribution in [0, 0.1) is 6.92 Å². The molecule has 0 radical (unpaired) electrons.